The fraction of sp³-hybridized carbons (Fsp3) is 0.462. The van der Waals surface area contributed by atoms with Gasteiger partial charge in [-0.2, -0.15) is 0 Å². The lowest BCUT2D eigenvalue weighted by molar-refractivity contribution is -0.0860. The van der Waals surface area contributed by atoms with E-state index in [2.05, 4.69) is 0 Å². The first-order valence-electron chi connectivity index (χ1n) is 5.99. The molecule has 1 saturated heterocycles. The molecular weight excluding hydrogens is 234 g/mol. The van der Waals surface area contributed by atoms with Crippen molar-refractivity contribution in [2.24, 2.45) is 0 Å². The minimum absolute atomic E-state index is 0.244. The van der Waals surface area contributed by atoms with Gasteiger partial charge in [-0.3, -0.25) is 4.79 Å². The highest BCUT2D eigenvalue weighted by Crippen LogP contribution is 2.30. The summed E-state index contributed by atoms with van der Waals surface area (Å²) < 4.78 is 0. The number of carbonyl (C=O) groups is 1. The minimum atomic E-state index is -0.761. The molecule has 0 unspecified atom stereocenters. The summed E-state index contributed by atoms with van der Waals surface area (Å²) in [5.41, 5.74) is -0.451. The molecule has 0 aromatic heterocycles. The molecule has 2 rings (SSSR count). The van der Waals surface area contributed by atoms with Gasteiger partial charge < -0.3 is 20.2 Å². The number of aliphatic hydroxyl groups is 1. The Morgan fingerprint density at radius 3 is 2.56 bits per heavy atom. The standard InChI is InChI=1S/C13H17NO4/c1-2-5-13(18)7-14(8-13)12(17)9-3-4-10(15)11(16)6-9/h3-4,6,15-16,18H,2,5,7-8H2,1H3. The Morgan fingerprint density at radius 1 is 1.33 bits per heavy atom. The van der Waals surface area contributed by atoms with Crippen LogP contribution in [0.3, 0.4) is 0 Å². The summed E-state index contributed by atoms with van der Waals surface area (Å²) in [7, 11) is 0. The zero-order valence-corrected chi connectivity index (χ0v) is 10.3. The molecule has 0 spiro atoms. The Hall–Kier alpha value is -1.75. The number of phenols is 2. The number of hydrogen-bond donors (Lipinski definition) is 3. The Morgan fingerprint density at radius 2 is 2.00 bits per heavy atom. The molecule has 3 N–H and O–H groups in total. The molecule has 5 nitrogen and oxygen atoms in total. The van der Waals surface area contributed by atoms with E-state index >= 15 is 0 Å². The number of aromatic hydroxyl groups is 2. The summed E-state index contributed by atoms with van der Waals surface area (Å²) >= 11 is 0. The van der Waals surface area contributed by atoms with Crippen LogP contribution >= 0.6 is 0 Å². The van der Waals surface area contributed by atoms with Gasteiger partial charge in [0.2, 0.25) is 0 Å². The number of β-amino-alcohol motifs (C(OH)–C–C–N with tert-alkyl or cyclic N) is 1. The van der Waals surface area contributed by atoms with Gasteiger partial charge in [0.15, 0.2) is 11.5 Å². The number of hydrogen-bond acceptors (Lipinski definition) is 4. The van der Waals surface area contributed by atoms with Gasteiger partial charge in [0.1, 0.15) is 0 Å². The molecule has 1 aliphatic heterocycles. The molecule has 1 fully saturated rings. The van der Waals surface area contributed by atoms with Crippen molar-refractivity contribution in [1.82, 2.24) is 4.90 Å². The molecule has 0 bridgehead atoms. The van der Waals surface area contributed by atoms with Gasteiger partial charge in [-0.05, 0) is 24.6 Å². The molecule has 0 atom stereocenters. The summed E-state index contributed by atoms with van der Waals surface area (Å²) in [6.07, 6.45) is 1.55. The third-order valence-corrected chi connectivity index (χ3v) is 3.20. The zero-order chi connectivity index (χ0) is 13.3. The van der Waals surface area contributed by atoms with Crippen molar-refractivity contribution in [1.29, 1.82) is 0 Å². The Labute approximate surface area is 105 Å². The number of rotatable bonds is 3. The maximum absolute atomic E-state index is 12.0. The molecular formula is C13H17NO4. The number of amides is 1. The summed E-state index contributed by atoms with van der Waals surface area (Å²) in [5.74, 6) is -0.811. The molecule has 1 amide bonds. The lowest BCUT2D eigenvalue weighted by atomic mass is 9.89. The van der Waals surface area contributed by atoms with Crippen LogP contribution in [-0.2, 0) is 0 Å². The van der Waals surface area contributed by atoms with Gasteiger partial charge in [0.05, 0.1) is 18.7 Å². The maximum atomic E-state index is 12.0. The molecule has 98 valence electrons. The van der Waals surface area contributed by atoms with E-state index in [1.807, 2.05) is 6.92 Å². The summed E-state index contributed by atoms with van der Waals surface area (Å²) in [6.45, 7) is 2.63. The second-order valence-electron chi connectivity index (χ2n) is 4.84. The van der Waals surface area contributed by atoms with E-state index in [4.69, 9.17) is 0 Å². The predicted molar refractivity (Wildman–Crippen MR) is 65.5 cm³/mol. The van der Waals surface area contributed by atoms with Gasteiger partial charge in [0.25, 0.3) is 5.91 Å². The van der Waals surface area contributed by atoms with Gasteiger partial charge in [-0.1, -0.05) is 13.3 Å². The van der Waals surface area contributed by atoms with Gasteiger partial charge in [-0.15, -0.1) is 0 Å². The molecule has 18 heavy (non-hydrogen) atoms. The molecule has 1 aliphatic rings. The average molecular weight is 251 g/mol. The lowest BCUT2D eigenvalue weighted by Crippen LogP contribution is -2.63. The molecule has 1 aromatic carbocycles. The third kappa shape index (κ3) is 2.26. The van der Waals surface area contributed by atoms with E-state index in [9.17, 15) is 20.1 Å². The molecule has 1 heterocycles. The number of nitrogens with zero attached hydrogens (tertiary/aromatic N) is 1. The fourth-order valence-electron chi connectivity index (χ4n) is 2.27. The fourth-order valence-corrected chi connectivity index (χ4v) is 2.27. The van der Waals surface area contributed by atoms with Crippen LogP contribution in [0.15, 0.2) is 18.2 Å². The topological polar surface area (TPSA) is 81.0 Å². The quantitative estimate of drug-likeness (QED) is 0.702. The number of phenolic OH excluding ortho intramolecular Hbond substituents is 2. The largest absolute Gasteiger partial charge is 0.504 e. The smallest absolute Gasteiger partial charge is 0.254 e. The van der Waals surface area contributed by atoms with Crippen LogP contribution in [0.5, 0.6) is 11.5 Å². The van der Waals surface area contributed by atoms with Crippen molar-refractivity contribution in [3.63, 3.8) is 0 Å². The van der Waals surface area contributed by atoms with E-state index in [-0.39, 0.29) is 17.4 Å². The van der Waals surface area contributed by atoms with Crippen LogP contribution in [-0.4, -0.2) is 44.8 Å². The van der Waals surface area contributed by atoms with Crippen LogP contribution in [0.4, 0.5) is 0 Å². The first-order valence-corrected chi connectivity index (χ1v) is 5.99. The second-order valence-corrected chi connectivity index (χ2v) is 4.84. The SMILES string of the molecule is CCCC1(O)CN(C(=O)c2ccc(O)c(O)c2)C1. The number of benzene rings is 1. The van der Waals surface area contributed by atoms with Gasteiger partial charge >= 0.3 is 0 Å². The Balaban J connectivity index is 2.03. The van der Waals surface area contributed by atoms with E-state index in [0.29, 0.717) is 25.1 Å². The van der Waals surface area contributed by atoms with Crippen LogP contribution in [0.1, 0.15) is 30.1 Å². The van der Waals surface area contributed by atoms with Gasteiger partial charge in [-0.25, -0.2) is 0 Å². The molecule has 1 aromatic rings. The Kier molecular flexibility index (Phi) is 3.17. The van der Waals surface area contributed by atoms with E-state index < -0.39 is 5.60 Å². The highest BCUT2D eigenvalue weighted by atomic mass is 16.3. The van der Waals surface area contributed by atoms with Crippen molar-refractivity contribution in [3.8, 4) is 11.5 Å². The van der Waals surface area contributed by atoms with Crippen LogP contribution < -0.4 is 0 Å². The maximum Gasteiger partial charge on any atom is 0.254 e. The summed E-state index contributed by atoms with van der Waals surface area (Å²) in [6, 6.07) is 3.96. The number of carbonyl (C=O) groups excluding carboxylic acids is 1. The van der Waals surface area contributed by atoms with Crippen LogP contribution in [0.2, 0.25) is 0 Å². The van der Waals surface area contributed by atoms with E-state index in [1.165, 1.54) is 23.1 Å². The molecule has 0 aliphatic carbocycles. The highest BCUT2D eigenvalue weighted by Gasteiger charge is 2.42. The van der Waals surface area contributed by atoms with Crippen molar-refractivity contribution >= 4 is 5.91 Å². The van der Waals surface area contributed by atoms with E-state index in [0.717, 1.165) is 6.42 Å². The van der Waals surface area contributed by atoms with E-state index in [1.54, 1.807) is 0 Å². The summed E-state index contributed by atoms with van der Waals surface area (Å²) in [4.78, 5) is 13.5. The highest BCUT2D eigenvalue weighted by molar-refractivity contribution is 5.95. The Bertz CT molecular complexity index is 466. The monoisotopic (exact) mass is 251 g/mol. The third-order valence-electron chi connectivity index (χ3n) is 3.20. The first kappa shape index (κ1) is 12.7. The lowest BCUT2D eigenvalue weighted by Gasteiger charge is -2.46. The second kappa shape index (κ2) is 4.49. The van der Waals surface area contributed by atoms with Crippen molar-refractivity contribution < 1.29 is 20.1 Å². The first-order chi connectivity index (χ1) is 8.45. The molecule has 5 heteroatoms. The van der Waals surface area contributed by atoms with Crippen molar-refractivity contribution in [2.75, 3.05) is 13.1 Å². The zero-order valence-electron chi connectivity index (χ0n) is 10.3. The van der Waals surface area contributed by atoms with Crippen LogP contribution in [0.25, 0.3) is 0 Å². The summed E-state index contributed by atoms with van der Waals surface area (Å²) in [5, 5.41) is 28.5. The minimum Gasteiger partial charge on any atom is -0.504 e. The average Bonchev–Trinajstić information content (AvgIpc) is 2.29. The van der Waals surface area contributed by atoms with Gasteiger partial charge in [0, 0.05) is 5.56 Å². The number of likely N-dealkylation sites (tertiary alicyclic amines) is 1. The van der Waals surface area contributed by atoms with Crippen molar-refractivity contribution in [3.05, 3.63) is 23.8 Å². The molecule has 0 radical (unpaired) electrons. The normalized spacial score (nSPS) is 17.3. The van der Waals surface area contributed by atoms with Crippen molar-refractivity contribution in [2.45, 2.75) is 25.4 Å². The predicted octanol–water partition coefficient (Wildman–Crippen LogP) is 1.08. The molecule has 0 saturated carbocycles. The van der Waals surface area contributed by atoms with Crippen LogP contribution in [0, 0.1) is 0 Å².